The van der Waals surface area contributed by atoms with Gasteiger partial charge in [0.1, 0.15) is 13.2 Å². The molecule has 0 saturated heterocycles. The number of nitrogens with zero attached hydrogens (tertiary/aromatic N) is 1. The van der Waals surface area contributed by atoms with E-state index in [4.69, 9.17) is 9.05 Å². The number of aliphatic hydroxyl groups is 1. The standard InChI is InChI=1S/C69H135N2O6P/c1-6-8-10-12-14-16-18-20-22-24-26-28-29-30-31-32-33-34-35-36-37-38-39-40-41-42-43-45-47-49-51-53-55-57-59-61-63-69(73)70-67(66-77-78(74,75)76-65-64-71(3,4)5)68(72)62-60-58-56-54-52-50-48-46-44-27-25-23-21-19-17-15-13-11-9-7-2/h44,46,52,54,60,62,67-68,72H,6-43,45,47-51,53,55-59,61,63-66H2,1-5H3,(H-,70,73,74,75)/b46-44+,54-52+,62-60+. The topological polar surface area (TPSA) is 108 Å². The van der Waals surface area contributed by atoms with Gasteiger partial charge < -0.3 is 28.8 Å². The Balaban J connectivity index is 4.00. The van der Waals surface area contributed by atoms with Gasteiger partial charge in [-0.3, -0.25) is 9.36 Å². The fourth-order valence-corrected chi connectivity index (χ4v) is 11.2. The Morgan fingerprint density at radius 1 is 0.436 bits per heavy atom. The van der Waals surface area contributed by atoms with Gasteiger partial charge in [-0.15, -0.1) is 0 Å². The van der Waals surface area contributed by atoms with Gasteiger partial charge in [-0.25, -0.2) is 0 Å². The lowest BCUT2D eigenvalue weighted by Gasteiger charge is -2.29. The number of amides is 1. The summed E-state index contributed by atoms with van der Waals surface area (Å²) in [6, 6.07) is -0.909. The van der Waals surface area contributed by atoms with Crippen LogP contribution < -0.4 is 10.2 Å². The van der Waals surface area contributed by atoms with Gasteiger partial charge in [-0.05, 0) is 44.9 Å². The highest BCUT2D eigenvalue weighted by Crippen LogP contribution is 2.38. The first-order chi connectivity index (χ1) is 38.0. The number of hydrogen-bond donors (Lipinski definition) is 2. The van der Waals surface area contributed by atoms with Crippen molar-refractivity contribution in [3.8, 4) is 0 Å². The minimum atomic E-state index is -4.61. The van der Waals surface area contributed by atoms with Gasteiger partial charge in [-0.1, -0.05) is 333 Å². The largest absolute Gasteiger partial charge is 0.756 e. The van der Waals surface area contributed by atoms with Crippen molar-refractivity contribution in [3.05, 3.63) is 36.5 Å². The van der Waals surface area contributed by atoms with E-state index in [-0.39, 0.29) is 12.5 Å². The fraction of sp³-hybridized carbons (Fsp3) is 0.899. The average Bonchev–Trinajstić information content (AvgIpc) is 3.41. The SMILES string of the molecule is CCCCCCCCCCCC/C=C/CC/C=C/CC/C=C/C(O)C(COP(=O)([O-])OCC[N+](C)(C)C)NC(=O)CCCCCCCCCCCCCCCCCCCCCCCCCCCCCCCCCCCCCC. The molecule has 8 nitrogen and oxygen atoms in total. The van der Waals surface area contributed by atoms with Crippen LogP contribution in [0.5, 0.6) is 0 Å². The predicted octanol–water partition coefficient (Wildman–Crippen LogP) is 21.0. The number of likely N-dealkylation sites (N-methyl/N-ethyl adjacent to an activating group) is 1. The second-order valence-electron chi connectivity index (χ2n) is 24.9. The first kappa shape index (κ1) is 76.7. The van der Waals surface area contributed by atoms with E-state index in [9.17, 15) is 19.4 Å². The molecule has 0 aromatic rings. The Hall–Kier alpha value is -1.28. The number of carbonyl (C=O) groups excluding carboxylic acids is 1. The maximum atomic E-state index is 13.0. The highest BCUT2D eigenvalue weighted by molar-refractivity contribution is 7.45. The molecule has 0 aromatic heterocycles. The highest BCUT2D eigenvalue weighted by Gasteiger charge is 2.23. The molecule has 2 N–H and O–H groups in total. The number of hydrogen-bond acceptors (Lipinski definition) is 6. The first-order valence-electron chi connectivity index (χ1n) is 34.4. The van der Waals surface area contributed by atoms with Crippen molar-refractivity contribution in [1.82, 2.24) is 5.32 Å². The van der Waals surface area contributed by atoms with Crippen LogP contribution in [0.4, 0.5) is 0 Å². The summed E-state index contributed by atoms with van der Waals surface area (Å²) in [5.41, 5.74) is 0. The molecule has 0 spiro atoms. The van der Waals surface area contributed by atoms with E-state index < -0.39 is 26.6 Å². The Morgan fingerprint density at radius 2 is 0.718 bits per heavy atom. The van der Waals surface area contributed by atoms with E-state index in [0.29, 0.717) is 17.4 Å². The number of phosphoric ester groups is 1. The Bertz CT molecular complexity index is 1360. The summed E-state index contributed by atoms with van der Waals surface area (Å²) in [6.45, 7) is 4.67. The minimum absolute atomic E-state index is 0.00721. The van der Waals surface area contributed by atoms with E-state index in [0.717, 1.165) is 44.9 Å². The lowest BCUT2D eigenvalue weighted by atomic mass is 10.0. The third-order valence-corrected chi connectivity index (χ3v) is 16.8. The van der Waals surface area contributed by atoms with Gasteiger partial charge in [0.05, 0.1) is 39.9 Å². The maximum absolute atomic E-state index is 13.0. The normalized spacial score (nSPS) is 13.9. The Kier molecular flexibility index (Phi) is 59.3. The van der Waals surface area contributed by atoms with Crippen molar-refractivity contribution in [2.75, 3.05) is 40.9 Å². The smallest absolute Gasteiger partial charge is 0.268 e. The number of aliphatic hydroxyl groups excluding tert-OH is 1. The summed E-state index contributed by atoms with van der Waals surface area (Å²) in [6.07, 6.45) is 80.0. The van der Waals surface area contributed by atoms with Gasteiger partial charge in [0, 0.05) is 6.42 Å². The molecule has 1 amide bonds. The molecule has 0 radical (unpaired) electrons. The molecule has 3 atom stereocenters. The summed E-state index contributed by atoms with van der Waals surface area (Å²) in [4.78, 5) is 25.6. The van der Waals surface area contributed by atoms with Crippen LogP contribution in [-0.2, 0) is 18.4 Å². The zero-order valence-corrected chi connectivity index (χ0v) is 53.8. The molecule has 462 valence electrons. The molecule has 9 heteroatoms. The van der Waals surface area contributed by atoms with Crippen LogP contribution in [0.2, 0.25) is 0 Å². The predicted molar refractivity (Wildman–Crippen MR) is 339 cm³/mol. The molecule has 0 rings (SSSR count). The van der Waals surface area contributed by atoms with E-state index >= 15 is 0 Å². The molecule has 0 aliphatic rings. The maximum Gasteiger partial charge on any atom is 0.268 e. The van der Waals surface area contributed by atoms with E-state index in [1.54, 1.807) is 6.08 Å². The van der Waals surface area contributed by atoms with Crippen molar-refractivity contribution < 1.29 is 32.9 Å². The van der Waals surface area contributed by atoms with Gasteiger partial charge >= 0.3 is 0 Å². The van der Waals surface area contributed by atoms with E-state index in [1.807, 2.05) is 27.2 Å². The monoisotopic (exact) mass is 1120 g/mol. The quantitative estimate of drug-likeness (QED) is 0.0272. The minimum Gasteiger partial charge on any atom is -0.756 e. The molecule has 0 aliphatic heterocycles. The summed E-state index contributed by atoms with van der Waals surface area (Å²) >= 11 is 0. The number of quaternary nitrogens is 1. The number of unbranched alkanes of at least 4 members (excludes halogenated alkanes) is 47. The fourth-order valence-electron chi connectivity index (χ4n) is 10.5. The molecule has 0 saturated carbocycles. The van der Waals surface area contributed by atoms with Gasteiger partial charge in [0.15, 0.2) is 0 Å². The van der Waals surface area contributed by atoms with Crippen molar-refractivity contribution in [3.63, 3.8) is 0 Å². The first-order valence-corrected chi connectivity index (χ1v) is 35.8. The molecule has 0 heterocycles. The van der Waals surface area contributed by atoms with Crippen molar-refractivity contribution in [2.24, 2.45) is 0 Å². The Morgan fingerprint density at radius 3 is 1.04 bits per heavy atom. The van der Waals surface area contributed by atoms with Crippen LogP contribution in [0.3, 0.4) is 0 Å². The number of rotatable bonds is 64. The van der Waals surface area contributed by atoms with Gasteiger partial charge in [0.2, 0.25) is 5.91 Å². The molecule has 0 fully saturated rings. The van der Waals surface area contributed by atoms with Crippen LogP contribution in [0.15, 0.2) is 36.5 Å². The van der Waals surface area contributed by atoms with Crippen LogP contribution in [0, 0.1) is 0 Å². The summed E-state index contributed by atoms with van der Waals surface area (Å²) in [7, 11) is 1.25. The van der Waals surface area contributed by atoms with E-state index in [2.05, 4.69) is 43.5 Å². The van der Waals surface area contributed by atoms with E-state index in [1.165, 1.54) is 283 Å². The van der Waals surface area contributed by atoms with Crippen LogP contribution >= 0.6 is 7.82 Å². The number of allylic oxidation sites excluding steroid dienone is 5. The van der Waals surface area contributed by atoms with Crippen LogP contribution in [0.1, 0.15) is 348 Å². The van der Waals surface area contributed by atoms with Crippen molar-refractivity contribution in [2.45, 2.75) is 360 Å². The summed E-state index contributed by atoms with van der Waals surface area (Å²) in [5.74, 6) is -0.204. The molecular formula is C69H135N2O6P. The molecule has 0 aromatic carbocycles. The second-order valence-corrected chi connectivity index (χ2v) is 26.3. The number of phosphoric acid groups is 1. The Labute approximate surface area is 487 Å². The number of carbonyl (C=O) groups is 1. The van der Waals surface area contributed by atoms with Gasteiger partial charge in [0.25, 0.3) is 7.82 Å². The van der Waals surface area contributed by atoms with Crippen molar-refractivity contribution >= 4 is 13.7 Å². The zero-order chi connectivity index (χ0) is 57.0. The third kappa shape index (κ3) is 62.3. The summed E-state index contributed by atoms with van der Waals surface area (Å²) in [5, 5.41) is 13.9. The third-order valence-electron chi connectivity index (χ3n) is 15.8. The molecule has 0 bridgehead atoms. The second kappa shape index (κ2) is 60.3. The number of nitrogens with one attached hydrogen (secondary N) is 1. The van der Waals surface area contributed by atoms with Crippen molar-refractivity contribution in [1.29, 1.82) is 0 Å². The van der Waals surface area contributed by atoms with Crippen LogP contribution in [0.25, 0.3) is 0 Å². The highest BCUT2D eigenvalue weighted by atomic mass is 31.2. The molecule has 0 aliphatic carbocycles. The summed E-state index contributed by atoms with van der Waals surface area (Å²) < 4.78 is 23.4. The van der Waals surface area contributed by atoms with Gasteiger partial charge in [-0.2, -0.15) is 0 Å². The van der Waals surface area contributed by atoms with Crippen LogP contribution in [-0.4, -0.2) is 68.5 Å². The average molecular weight is 1120 g/mol. The lowest BCUT2D eigenvalue weighted by Crippen LogP contribution is -2.45. The molecular weight excluding hydrogens is 984 g/mol. The molecule has 78 heavy (non-hydrogen) atoms. The lowest BCUT2D eigenvalue weighted by molar-refractivity contribution is -0.870. The zero-order valence-electron chi connectivity index (χ0n) is 52.9. The molecule has 3 unspecified atom stereocenters.